The normalized spacial score (nSPS) is 18.6. The maximum Gasteiger partial charge on any atom is 0.401 e. The summed E-state index contributed by atoms with van der Waals surface area (Å²) in [6, 6.07) is 0.275. The molecule has 1 aliphatic carbocycles. The number of carbonyl (C=O) groups excluding carboxylic acids is 1. The summed E-state index contributed by atoms with van der Waals surface area (Å²) in [5, 5.41) is 3.21. The van der Waals surface area contributed by atoms with Crippen LogP contribution < -0.4 is 5.32 Å². The summed E-state index contributed by atoms with van der Waals surface area (Å²) in [6.07, 6.45) is -1.93. The van der Waals surface area contributed by atoms with Crippen LogP contribution >= 0.6 is 0 Å². The number of hydrogen-bond donors (Lipinski definition) is 1. The van der Waals surface area contributed by atoms with Crippen LogP contribution in [-0.2, 0) is 9.53 Å². The van der Waals surface area contributed by atoms with Crippen molar-refractivity contribution in [3.63, 3.8) is 0 Å². The van der Waals surface area contributed by atoms with Crippen molar-refractivity contribution in [1.29, 1.82) is 0 Å². The Labute approximate surface area is 124 Å². The first-order valence-electron chi connectivity index (χ1n) is 7.44. The molecule has 1 saturated carbocycles. The highest BCUT2D eigenvalue weighted by Gasteiger charge is 2.40. The molecule has 0 aromatic rings. The highest BCUT2D eigenvalue weighted by molar-refractivity contribution is 5.80. The Balaban J connectivity index is 2.60. The molecule has 0 aromatic heterocycles. The Morgan fingerprint density at radius 2 is 1.95 bits per heavy atom. The predicted molar refractivity (Wildman–Crippen MR) is 74.0 cm³/mol. The molecule has 21 heavy (non-hydrogen) atoms. The van der Waals surface area contributed by atoms with Gasteiger partial charge in [0.1, 0.15) is 5.54 Å². The van der Waals surface area contributed by atoms with E-state index in [-0.39, 0.29) is 25.2 Å². The molecule has 1 atom stereocenters. The van der Waals surface area contributed by atoms with Crippen LogP contribution in [0.25, 0.3) is 0 Å². The second kappa shape index (κ2) is 7.45. The van der Waals surface area contributed by atoms with E-state index in [0.29, 0.717) is 13.0 Å². The molecular formula is C14H25F3N2O2. The van der Waals surface area contributed by atoms with Gasteiger partial charge in [0.15, 0.2) is 0 Å². The number of rotatable bonds is 9. The summed E-state index contributed by atoms with van der Waals surface area (Å²) in [5.74, 6) is -0.389. The molecule has 1 fully saturated rings. The SMILES string of the molecule is CCOC(=O)C(C)(CCN(CC)CC(F)(F)F)NC1CC1. The minimum absolute atomic E-state index is 0.199. The molecule has 0 spiro atoms. The summed E-state index contributed by atoms with van der Waals surface area (Å²) in [7, 11) is 0. The largest absolute Gasteiger partial charge is 0.465 e. The summed E-state index contributed by atoms with van der Waals surface area (Å²) >= 11 is 0. The standard InChI is InChI=1S/C14H25F3N2O2/c1-4-19(10-14(15,16)17)9-8-13(3,12(20)21-5-2)18-11-6-7-11/h11,18H,4-10H2,1-3H3. The van der Waals surface area contributed by atoms with Crippen molar-refractivity contribution in [3.8, 4) is 0 Å². The molecule has 0 aromatic carbocycles. The van der Waals surface area contributed by atoms with Gasteiger partial charge in [-0.05, 0) is 39.7 Å². The number of hydrogen-bond acceptors (Lipinski definition) is 4. The van der Waals surface area contributed by atoms with Gasteiger partial charge in [0.25, 0.3) is 0 Å². The maximum absolute atomic E-state index is 12.5. The monoisotopic (exact) mass is 310 g/mol. The van der Waals surface area contributed by atoms with Crippen LogP contribution in [0.15, 0.2) is 0 Å². The minimum Gasteiger partial charge on any atom is -0.465 e. The van der Waals surface area contributed by atoms with Gasteiger partial charge in [-0.15, -0.1) is 0 Å². The molecular weight excluding hydrogens is 285 g/mol. The van der Waals surface area contributed by atoms with E-state index >= 15 is 0 Å². The van der Waals surface area contributed by atoms with Crippen LogP contribution in [0.3, 0.4) is 0 Å². The first kappa shape index (κ1) is 18.2. The number of ether oxygens (including phenoxy) is 1. The third kappa shape index (κ3) is 6.65. The number of carbonyl (C=O) groups is 1. The smallest absolute Gasteiger partial charge is 0.401 e. The molecule has 7 heteroatoms. The lowest BCUT2D eigenvalue weighted by Gasteiger charge is -2.31. The van der Waals surface area contributed by atoms with Gasteiger partial charge in [-0.2, -0.15) is 13.2 Å². The lowest BCUT2D eigenvalue weighted by molar-refractivity contribution is -0.152. The van der Waals surface area contributed by atoms with Crippen LogP contribution in [0.5, 0.6) is 0 Å². The zero-order valence-corrected chi connectivity index (χ0v) is 12.9. The first-order chi connectivity index (χ1) is 9.70. The van der Waals surface area contributed by atoms with Crippen molar-refractivity contribution in [3.05, 3.63) is 0 Å². The molecule has 0 aliphatic heterocycles. The van der Waals surface area contributed by atoms with E-state index in [1.54, 1.807) is 20.8 Å². The molecule has 1 unspecified atom stereocenters. The quantitative estimate of drug-likeness (QED) is 0.664. The lowest BCUT2D eigenvalue weighted by Crippen LogP contribution is -2.53. The molecule has 0 heterocycles. The van der Waals surface area contributed by atoms with E-state index in [0.717, 1.165) is 12.8 Å². The molecule has 124 valence electrons. The molecule has 0 saturated heterocycles. The average molecular weight is 310 g/mol. The van der Waals surface area contributed by atoms with Gasteiger partial charge in [-0.25, -0.2) is 0 Å². The van der Waals surface area contributed by atoms with Crippen molar-refractivity contribution in [2.45, 2.75) is 57.8 Å². The van der Waals surface area contributed by atoms with Crippen molar-refractivity contribution in [1.82, 2.24) is 10.2 Å². The molecule has 1 N–H and O–H groups in total. The van der Waals surface area contributed by atoms with Gasteiger partial charge in [-0.3, -0.25) is 15.0 Å². The van der Waals surface area contributed by atoms with E-state index in [4.69, 9.17) is 4.74 Å². The number of alkyl halides is 3. The summed E-state index contributed by atoms with van der Waals surface area (Å²) in [6.45, 7) is 4.92. The van der Waals surface area contributed by atoms with Crippen LogP contribution in [0.1, 0.15) is 40.0 Å². The zero-order chi connectivity index (χ0) is 16.1. The van der Waals surface area contributed by atoms with Gasteiger partial charge in [-0.1, -0.05) is 6.92 Å². The van der Waals surface area contributed by atoms with Crippen molar-refractivity contribution < 1.29 is 22.7 Å². The molecule has 0 radical (unpaired) electrons. The lowest BCUT2D eigenvalue weighted by atomic mass is 9.97. The number of halogens is 3. The summed E-state index contributed by atoms with van der Waals surface area (Å²) in [5.41, 5.74) is -0.920. The molecule has 0 amide bonds. The Bertz CT molecular complexity index is 346. The van der Waals surface area contributed by atoms with Gasteiger partial charge in [0.05, 0.1) is 13.2 Å². The molecule has 4 nitrogen and oxygen atoms in total. The predicted octanol–water partition coefficient (Wildman–Crippen LogP) is 2.33. The highest BCUT2D eigenvalue weighted by Crippen LogP contribution is 2.25. The van der Waals surface area contributed by atoms with Crippen molar-refractivity contribution in [2.24, 2.45) is 0 Å². The number of nitrogens with one attached hydrogen (secondary N) is 1. The summed E-state index contributed by atoms with van der Waals surface area (Å²) < 4.78 is 42.4. The number of esters is 1. The topological polar surface area (TPSA) is 41.6 Å². The second-order valence-corrected chi connectivity index (χ2v) is 5.71. The van der Waals surface area contributed by atoms with Crippen LogP contribution in [-0.4, -0.2) is 54.9 Å². The first-order valence-corrected chi connectivity index (χ1v) is 7.44. The van der Waals surface area contributed by atoms with E-state index in [1.807, 2.05) is 0 Å². The number of nitrogens with zero attached hydrogens (tertiary/aromatic N) is 1. The highest BCUT2D eigenvalue weighted by atomic mass is 19.4. The van der Waals surface area contributed by atoms with Crippen LogP contribution in [0.2, 0.25) is 0 Å². The van der Waals surface area contributed by atoms with Crippen LogP contribution in [0.4, 0.5) is 13.2 Å². The van der Waals surface area contributed by atoms with E-state index < -0.39 is 18.3 Å². The Morgan fingerprint density at radius 3 is 2.38 bits per heavy atom. The third-order valence-electron chi connectivity index (χ3n) is 3.60. The minimum atomic E-state index is -4.22. The van der Waals surface area contributed by atoms with Gasteiger partial charge >= 0.3 is 12.1 Å². The Hall–Kier alpha value is -0.820. The zero-order valence-electron chi connectivity index (χ0n) is 12.9. The second-order valence-electron chi connectivity index (χ2n) is 5.71. The fourth-order valence-electron chi connectivity index (χ4n) is 2.19. The fraction of sp³-hybridized carbons (Fsp3) is 0.929. The average Bonchev–Trinajstić information content (AvgIpc) is 3.17. The van der Waals surface area contributed by atoms with E-state index in [9.17, 15) is 18.0 Å². The van der Waals surface area contributed by atoms with E-state index in [2.05, 4.69) is 5.32 Å². The Kier molecular flexibility index (Phi) is 6.46. The van der Waals surface area contributed by atoms with Gasteiger partial charge in [0.2, 0.25) is 0 Å². The van der Waals surface area contributed by atoms with Crippen molar-refractivity contribution in [2.75, 3.05) is 26.2 Å². The summed E-state index contributed by atoms with van der Waals surface area (Å²) in [4.78, 5) is 13.4. The van der Waals surface area contributed by atoms with E-state index in [1.165, 1.54) is 4.90 Å². The maximum atomic E-state index is 12.5. The van der Waals surface area contributed by atoms with Crippen LogP contribution in [0, 0.1) is 0 Å². The Morgan fingerprint density at radius 1 is 1.33 bits per heavy atom. The van der Waals surface area contributed by atoms with Crippen molar-refractivity contribution >= 4 is 5.97 Å². The van der Waals surface area contributed by atoms with Gasteiger partial charge < -0.3 is 4.74 Å². The fourth-order valence-corrected chi connectivity index (χ4v) is 2.19. The molecule has 0 bridgehead atoms. The molecule has 1 aliphatic rings. The van der Waals surface area contributed by atoms with Gasteiger partial charge in [0, 0.05) is 12.6 Å². The molecule has 1 rings (SSSR count). The third-order valence-corrected chi connectivity index (χ3v) is 3.60.